The van der Waals surface area contributed by atoms with Crippen LogP contribution in [-0.4, -0.2) is 67.6 Å². The minimum Gasteiger partial charge on any atom is -0.484 e. The molecule has 1 unspecified atom stereocenters. The van der Waals surface area contributed by atoms with Gasteiger partial charge in [-0.25, -0.2) is 4.79 Å². The summed E-state index contributed by atoms with van der Waals surface area (Å²) < 4.78 is 10.7. The zero-order chi connectivity index (χ0) is 22.9. The van der Waals surface area contributed by atoms with Crippen molar-refractivity contribution >= 4 is 23.5 Å². The molecule has 8 nitrogen and oxygen atoms in total. The van der Waals surface area contributed by atoms with Gasteiger partial charge in [0.2, 0.25) is 0 Å². The van der Waals surface area contributed by atoms with Gasteiger partial charge < -0.3 is 24.6 Å². The van der Waals surface area contributed by atoms with E-state index in [-0.39, 0.29) is 12.5 Å². The van der Waals surface area contributed by atoms with Crippen LogP contribution in [-0.2, 0) is 19.1 Å². The Labute approximate surface area is 188 Å². The highest BCUT2D eigenvalue weighted by atomic mass is 16.5. The first-order valence-corrected chi connectivity index (χ1v) is 10.7. The van der Waals surface area contributed by atoms with Crippen LogP contribution in [0.5, 0.6) is 5.75 Å². The number of anilines is 1. The lowest BCUT2D eigenvalue weighted by molar-refractivity contribution is -0.161. The molecule has 0 bridgehead atoms. The number of nitrogens with zero attached hydrogens (tertiary/aromatic N) is 2. The van der Waals surface area contributed by atoms with Crippen molar-refractivity contribution in [3.05, 3.63) is 60.7 Å². The normalized spacial score (nSPS) is 15.4. The number of carbonyl (C=O) groups is 3. The largest absolute Gasteiger partial charge is 0.484 e. The highest BCUT2D eigenvalue weighted by molar-refractivity contribution is 5.88. The predicted molar refractivity (Wildman–Crippen MR) is 120 cm³/mol. The van der Waals surface area contributed by atoms with E-state index in [0.29, 0.717) is 31.9 Å². The van der Waals surface area contributed by atoms with E-state index in [0.717, 1.165) is 5.69 Å². The summed E-state index contributed by atoms with van der Waals surface area (Å²) in [7, 11) is 0. The Morgan fingerprint density at radius 3 is 2.12 bits per heavy atom. The maximum atomic E-state index is 12.7. The third kappa shape index (κ3) is 6.47. The summed E-state index contributed by atoms with van der Waals surface area (Å²) in [5.41, 5.74) is 1.12. The van der Waals surface area contributed by atoms with Gasteiger partial charge in [-0.2, -0.15) is 0 Å². The van der Waals surface area contributed by atoms with Crippen molar-refractivity contribution in [3.63, 3.8) is 0 Å². The third-order valence-electron chi connectivity index (χ3n) is 5.20. The number of nitrogens with one attached hydrogen (secondary N) is 1. The molecule has 1 N–H and O–H groups in total. The second-order valence-corrected chi connectivity index (χ2v) is 7.62. The second-order valence-electron chi connectivity index (χ2n) is 7.62. The number of hydrogen-bond donors (Lipinski definition) is 1. The Morgan fingerprint density at radius 2 is 1.50 bits per heavy atom. The van der Waals surface area contributed by atoms with Gasteiger partial charge in [0, 0.05) is 31.9 Å². The van der Waals surface area contributed by atoms with Gasteiger partial charge in [0.25, 0.3) is 11.8 Å². The van der Waals surface area contributed by atoms with E-state index < -0.39 is 24.0 Å². The first-order valence-electron chi connectivity index (χ1n) is 10.7. The molecular weight excluding hydrogens is 410 g/mol. The SMILES string of the molecule is CC(OC(=O)[C@H](C)NC(=O)COc1ccccc1)C(=O)N1CCN(c2ccccc2)CC1. The first kappa shape index (κ1) is 23.1. The topological polar surface area (TPSA) is 88.2 Å². The van der Waals surface area contributed by atoms with Crippen molar-refractivity contribution in [1.29, 1.82) is 0 Å². The summed E-state index contributed by atoms with van der Waals surface area (Å²) in [5, 5.41) is 2.53. The average Bonchev–Trinajstić information content (AvgIpc) is 2.83. The molecule has 1 saturated heterocycles. The summed E-state index contributed by atoms with van der Waals surface area (Å²) in [6.07, 6.45) is -0.925. The Kier molecular flexibility index (Phi) is 8.08. The fourth-order valence-corrected chi connectivity index (χ4v) is 3.42. The van der Waals surface area contributed by atoms with E-state index in [9.17, 15) is 14.4 Å². The standard InChI is InChI=1S/C24H29N3O5/c1-18(25-22(28)17-31-21-11-7-4-8-12-21)24(30)32-19(2)23(29)27-15-13-26(14-16-27)20-9-5-3-6-10-20/h3-12,18-19H,13-17H2,1-2H3,(H,25,28)/t18-,19?/m0/s1. The predicted octanol–water partition coefficient (Wildman–Crippen LogP) is 1.85. The van der Waals surface area contributed by atoms with E-state index in [2.05, 4.69) is 10.2 Å². The van der Waals surface area contributed by atoms with Crippen molar-refractivity contribution in [2.45, 2.75) is 26.0 Å². The molecule has 32 heavy (non-hydrogen) atoms. The molecule has 2 aromatic rings. The van der Waals surface area contributed by atoms with E-state index in [1.54, 1.807) is 36.1 Å². The molecule has 1 heterocycles. The molecule has 2 atom stereocenters. The van der Waals surface area contributed by atoms with Gasteiger partial charge in [-0.1, -0.05) is 36.4 Å². The molecule has 0 aliphatic carbocycles. The van der Waals surface area contributed by atoms with Gasteiger partial charge in [0.1, 0.15) is 11.8 Å². The molecule has 0 saturated carbocycles. The van der Waals surface area contributed by atoms with Crippen molar-refractivity contribution in [1.82, 2.24) is 10.2 Å². The van der Waals surface area contributed by atoms with Crippen molar-refractivity contribution in [2.75, 3.05) is 37.7 Å². The van der Waals surface area contributed by atoms with Crippen LogP contribution in [0.3, 0.4) is 0 Å². The lowest BCUT2D eigenvalue weighted by Gasteiger charge is -2.37. The summed E-state index contributed by atoms with van der Waals surface area (Å²) in [6.45, 7) is 5.38. The van der Waals surface area contributed by atoms with Crippen molar-refractivity contribution < 1.29 is 23.9 Å². The van der Waals surface area contributed by atoms with Crippen molar-refractivity contribution in [3.8, 4) is 5.75 Å². The highest BCUT2D eigenvalue weighted by Crippen LogP contribution is 2.16. The molecule has 1 aliphatic heterocycles. The zero-order valence-corrected chi connectivity index (χ0v) is 18.4. The number of piperazine rings is 1. The van der Waals surface area contributed by atoms with E-state index in [4.69, 9.17) is 9.47 Å². The van der Waals surface area contributed by atoms with E-state index in [1.165, 1.54) is 6.92 Å². The number of esters is 1. The highest BCUT2D eigenvalue weighted by Gasteiger charge is 2.29. The van der Waals surface area contributed by atoms with Gasteiger partial charge in [0.05, 0.1) is 0 Å². The van der Waals surface area contributed by atoms with Gasteiger partial charge >= 0.3 is 5.97 Å². The van der Waals surface area contributed by atoms with Crippen molar-refractivity contribution in [2.24, 2.45) is 0 Å². The first-order chi connectivity index (χ1) is 15.4. The minimum atomic E-state index is -0.925. The van der Waals surface area contributed by atoms with Crippen LogP contribution in [0, 0.1) is 0 Å². The van der Waals surface area contributed by atoms with Gasteiger partial charge in [-0.15, -0.1) is 0 Å². The maximum absolute atomic E-state index is 12.7. The molecule has 1 fully saturated rings. The lowest BCUT2D eigenvalue weighted by atomic mass is 10.2. The second kappa shape index (κ2) is 11.2. The molecule has 1 aliphatic rings. The Balaban J connectivity index is 1.40. The fraction of sp³-hybridized carbons (Fsp3) is 0.375. The number of para-hydroxylation sites is 2. The Morgan fingerprint density at radius 1 is 0.906 bits per heavy atom. The van der Waals surface area contributed by atoms with Crippen LogP contribution >= 0.6 is 0 Å². The van der Waals surface area contributed by atoms with Crippen LogP contribution < -0.4 is 15.0 Å². The quantitative estimate of drug-likeness (QED) is 0.632. The van der Waals surface area contributed by atoms with E-state index in [1.807, 2.05) is 36.4 Å². The smallest absolute Gasteiger partial charge is 0.329 e. The number of rotatable bonds is 8. The molecule has 0 aromatic heterocycles. The maximum Gasteiger partial charge on any atom is 0.329 e. The number of amides is 2. The van der Waals surface area contributed by atoms with Gasteiger partial charge in [0.15, 0.2) is 12.7 Å². The molecule has 2 aromatic carbocycles. The van der Waals surface area contributed by atoms with Crippen LogP contribution in [0.15, 0.2) is 60.7 Å². The minimum absolute atomic E-state index is 0.220. The van der Waals surface area contributed by atoms with E-state index >= 15 is 0 Å². The summed E-state index contributed by atoms with van der Waals surface area (Å²) >= 11 is 0. The van der Waals surface area contributed by atoms with Gasteiger partial charge in [-0.3, -0.25) is 9.59 Å². The summed E-state index contributed by atoms with van der Waals surface area (Å²) in [4.78, 5) is 41.0. The van der Waals surface area contributed by atoms with Gasteiger partial charge in [-0.05, 0) is 38.1 Å². The average molecular weight is 440 g/mol. The fourth-order valence-electron chi connectivity index (χ4n) is 3.42. The number of benzene rings is 2. The molecule has 8 heteroatoms. The number of carbonyl (C=O) groups excluding carboxylic acids is 3. The molecule has 0 radical (unpaired) electrons. The van der Waals surface area contributed by atoms with Crippen LogP contribution in [0.1, 0.15) is 13.8 Å². The van der Waals surface area contributed by atoms with Crippen LogP contribution in [0.2, 0.25) is 0 Å². The molecule has 2 amide bonds. The molecule has 170 valence electrons. The number of hydrogen-bond acceptors (Lipinski definition) is 6. The molecule has 3 rings (SSSR count). The summed E-state index contributed by atoms with van der Waals surface area (Å²) in [6, 6.07) is 18.0. The van der Waals surface area contributed by atoms with Crippen LogP contribution in [0.4, 0.5) is 5.69 Å². The monoisotopic (exact) mass is 439 g/mol. The lowest BCUT2D eigenvalue weighted by Crippen LogP contribution is -2.52. The number of ether oxygens (including phenoxy) is 2. The molecular formula is C24H29N3O5. The third-order valence-corrected chi connectivity index (χ3v) is 5.20. The van der Waals surface area contributed by atoms with Crippen LogP contribution in [0.25, 0.3) is 0 Å². The Hall–Kier alpha value is -3.55. The Bertz CT molecular complexity index is 898. The zero-order valence-electron chi connectivity index (χ0n) is 18.4. The molecule has 0 spiro atoms. The summed E-state index contributed by atoms with van der Waals surface area (Å²) in [5.74, 6) is -0.794.